The van der Waals surface area contributed by atoms with Gasteiger partial charge in [-0.2, -0.15) is 18.2 Å². The summed E-state index contributed by atoms with van der Waals surface area (Å²) in [5.41, 5.74) is 0.833. The molecule has 3 aromatic rings. The third kappa shape index (κ3) is 4.54. The molecule has 0 bridgehead atoms. The second-order valence-electron chi connectivity index (χ2n) is 8.72. The molecule has 7 nitrogen and oxygen atoms in total. The Balaban J connectivity index is 1.30. The van der Waals surface area contributed by atoms with Crippen LogP contribution in [0, 0.1) is 0 Å². The van der Waals surface area contributed by atoms with Gasteiger partial charge in [0.25, 0.3) is 6.01 Å². The fourth-order valence-electron chi connectivity index (χ4n) is 4.43. The molecule has 0 amide bonds. The van der Waals surface area contributed by atoms with Gasteiger partial charge in [0.2, 0.25) is 0 Å². The normalized spacial score (nSPS) is 23.9. The number of benzene rings is 1. The molecular weight excluding hydrogens is 473 g/mol. The average molecular weight is 497 g/mol. The number of ether oxygens (including phenoxy) is 2. The molecule has 5 rings (SSSR count). The van der Waals surface area contributed by atoms with Crippen molar-refractivity contribution in [1.29, 1.82) is 0 Å². The number of hydrogen-bond donors (Lipinski definition) is 2. The molecule has 0 spiro atoms. The predicted octanol–water partition coefficient (Wildman–Crippen LogP) is 4.73. The van der Waals surface area contributed by atoms with Crippen LogP contribution in [0.1, 0.15) is 25.7 Å². The maximum absolute atomic E-state index is 13.0. The maximum Gasteiger partial charge on any atom is 0.417 e. The number of fused-ring (bicyclic) bond motifs is 1. The number of halogens is 4. The number of H-pyrrole nitrogens is 1. The zero-order chi connectivity index (χ0) is 23.9. The standard InChI is InChI=1S/C23H24ClF3N4O3/c24-17-13-18-20(29-19(17)14-1-3-15(4-2-14)31-9-11-33-12-10-31)30-21(28-18)34-16-5-7-22(32,8-6-16)23(25,26)27/h1-4,13,16,32H,5-12H2,(H,28,29,30)/t16-,22+. The Labute approximate surface area is 198 Å². The molecule has 34 heavy (non-hydrogen) atoms. The molecule has 2 fully saturated rings. The highest BCUT2D eigenvalue weighted by atomic mass is 35.5. The van der Waals surface area contributed by atoms with E-state index in [-0.39, 0.29) is 18.9 Å². The van der Waals surface area contributed by atoms with Gasteiger partial charge in [-0.3, -0.25) is 0 Å². The summed E-state index contributed by atoms with van der Waals surface area (Å²) in [5.74, 6) is 0. The maximum atomic E-state index is 13.0. The van der Waals surface area contributed by atoms with Gasteiger partial charge in [0.1, 0.15) is 6.10 Å². The van der Waals surface area contributed by atoms with Crippen molar-refractivity contribution in [1.82, 2.24) is 15.0 Å². The van der Waals surface area contributed by atoms with Crippen LogP contribution in [0.15, 0.2) is 30.3 Å². The molecule has 1 aromatic carbocycles. The van der Waals surface area contributed by atoms with Gasteiger partial charge in [0.15, 0.2) is 11.2 Å². The number of morpholine rings is 1. The number of hydrogen-bond acceptors (Lipinski definition) is 6. The largest absolute Gasteiger partial charge is 0.461 e. The fraction of sp³-hybridized carbons (Fsp3) is 0.478. The SMILES string of the molecule is O[C@]1(C(F)(F)F)CC[C@H](Oc2nc3nc(-c4ccc(N5CCOCC5)cc4)c(Cl)cc3[nH]2)CC1. The van der Waals surface area contributed by atoms with Gasteiger partial charge in [0.05, 0.1) is 29.4 Å². The van der Waals surface area contributed by atoms with Gasteiger partial charge in [-0.1, -0.05) is 23.7 Å². The first kappa shape index (κ1) is 23.2. The molecule has 1 aliphatic carbocycles. The van der Waals surface area contributed by atoms with Crippen molar-refractivity contribution in [3.8, 4) is 17.3 Å². The smallest absolute Gasteiger partial charge is 0.417 e. The molecule has 2 aliphatic rings. The number of anilines is 1. The number of nitrogens with one attached hydrogen (secondary N) is 1. The molecule has 182 valence electrons. The molecule has 1 saturated carbocycles. The monoisotopic (exact) mass is 496 g/mol. The highest BCUT2D eigenvalue weighted by Gasteiger charge is 2.55. The highest BCUT2D eigenvalue weighted by Crippen LogP contribution is 2.42. The van der Waals surface area contributed by atoms with E-state index in [4.69, 9.17) is 21.1 Å². The van der Waals surface area contributed by atoms with Crippen LogP contribution in [0.3, 0.4) is 0 Å². The third-order valence-corrected chi connectivity index (χ3v) is 6.78. The number of aliphatic hydroxyl groups is 1. The zero-order valence-electron chi connectivity index (χ0n) is 18.2. The summed E-state index contributed by atoms with van der Waals surface area (Å²) in [6.07, 6.45) is -5.80. The first-order chi connectivity index (χ1) is 16.2. The lowest BCUT2D eigenvalue weighted by molar-refractivity contribution is -0.273. The van der Waals surface area contributed by atoms with Crippen molar-refractivity contribution in [2.75, 3.05) is 31.2 Å². The summed E-state index contributed by atoms with van der Waals surface area (Å²) in [6.45, 7) is 3.10. The van der Waals surface area contributed by atoms with Crippen molar-refractivity contribution >= 4 is 28.5 Å². The van der Waals surface area contributed by atoms with Gasteiger partial charge >= 0.3 is 6.18 Å². The topological polar surface area (TPSA) is 83.5 Å². The second-order valence-corrected chi connectivity index (χ2v) is 9.13. The van der Waals surface area contributed by atoms with Crippen molar-refractivity contribution in [3.05, 3.63) is 35.4 Å². The van der Waals surface area contributed by atoms with E-state index >= 15 is 0 Å². The molecule has 0 radical (unpaired) electrons. The quantitative estimate of drug-likeness (QED) is 0.543. The summed E-state index contributed by atoms with van der Waals surface area (Å²) in [7, 11) is 0. The van der Waals surface area contributed by atoms with E-state index in [0.29, 0.717) is 35.1 Å². The zero-order valence-corrected chi connectivity index (χ0v) is 19.0. The summed E-state index contributed by atoms with van der Waals surface area (Å²) >= 11 is 6.49. The lowest BCUT2D eigenvalue weighted by Crippen LogP contribution is -2.49. The number of nitrogens with zero attached hydrogens (tertiary/aromatic N) is 3. The molecule has 1 aliphatic heterocycles. The van der Waals surface area contributed by atoms with E-state index < -0.39 is 30.7 Å². The van der Waals surface area contributed by atoms with Crippen LogP contribution >= 0.6 is 11.6 Å². The summed E-state index contributed by atoms with van der Waals surface area (Å²) in [5, 5.41) is 10.3. The van der Waals surface area contributed by atoms with Crippen LogP contribution < -0.4 is 9.64 Å². The van der Waals surface area contributed by atoms with E-state index in [0.717, 1.165) is 24.3 Å². The number of imidazole rings is 1. The third-order valence-electron chi connectivity index (χ3n) is 6.49. The molecule has 2 aromatic heterocycles. The Morgan fingerprint density at radius 2 is 1.79 bits per heavy atom. The average Bonchev–Trinajstić information content (AvgIpc) is 3.21. The van der Waals surface area contributed by atoms with Gasteiger partial charge in [-0.05, 0) is 43.9 Å². The fourth-order valence-corrected chi connectivity index (χ4v) is 4.69. The summed E-state index contributed by atoms with van der Waals surface area (Å²) in [6, 6.07) is 9.83. The molecule has 0 atom stereocenters. The van der Waals surface area contributed by atoms with E-state index in [2.05, 4.69) is 19.9 Å². The Kier molecular flexibility index (Phi) is 6.07. The van der Waals surface area contributed by atoms with Gasteiger partial charge in [-0.25, -0.2) is 4.98 Å². The Morgan fingerprint density at radius 3 is 2.44 bits per heavy atom. The molecular formula is C23H24ClF3N4O3. The van der Waals surface area contributed by atoms with Crippen molar-refractivity contribution in [2.24, 2.45) is 0 Å². The summed E-state index contributed by atoms with van der Waals surface area (Å²) < 4.78 is 50.2. The van der Waals surface area contributed by atoms with Gasteiger partial charge in [0, 0.05) is 24.3 Å². The number of rotatable bonds is 4. The van der Waals surface area contributed by atoms with Crippen LogP contribution in [0.5, 0.6) is 6.01 Å². The number of pyridine rings is 1. The molecule has 2 N–H and O–H groups in total. The van der Waals surface area contributed by atoms with Crippen LogP contribution in [-0.4, -0.2) is 64.2 Å². The number of aromatic amines is 1. The van der Waals surface area contributed by atoms with Crippen molar-refractivity contribution < 1.29 is 27.8 Å². The molecule has 11 heteroatoms. The second kappa shape index (κ2) is 8.90. The Hall–Kier alpha value is -2.56. The molecule has 3 heterocycles. The number of alkyl halides is 3. The van der Waals surface area contributed by atoms with Gasteiger partial charge in [-0.15, -0.1) is 0 Å². The first-order valence-electron chi connectivity index (χ1n) is 11.2. The lowest BCUT2D eigenvalue weighted by atomic mass is 9.83. The minimum absolute atomic E-state index is 0.0714. The van der Waals surface area contributed by atoms with E-state index in [9.17, 15) is 18.3 Å². The Bertz CT molecular complexity index is 1150. The number of aromatic nitrogens is 3. The first-order valence-corrected chi connectivity index (χ1v) is 11.5. The van der Waals surface area contributed by atoms with Crippen LogP contribution in [0.25, 0.3) is 22.4 Å². The van der Waals surface area contributed by atoms with Crippen LogP contribution in [0.2, 0.25) is 5.02 Å². The van der Waals surface area contributed by atoms with Crippen LogP contribution in [-0.2, 0) is 4.74 Å². The van der Waals surface area contributed by atoms with E-state index in [1.807, 2.05) is 24.3 Å². The van der Waals surface area contributed by atoms with Crippen LogP contribution in [0.4, 0.5) is 18.9 Å². The predicted molar refractivity (Wildman–Crippen MR) is 121 cm³/mol. The van der Waals surface area contributed by atoms with E-state index in [1.54, 1.807) is 6.07 Å². The van der Waals surface area contributed by atoms with Crippen molar-refractivity contribution in [3.63, 3.8) is 0 Å². The minimum Gasteiger partial charge on any atom is -0.461 e. The van der Waals surface area contributed by atoms with E-state index in [1.165, 1.54) is 0 Å². The molecule has 0 unspecified atom stereocenters. The van der Waals surface area contributed by atoms with Crippen molar-refractivity contribution in [2.45, 2.75) is 43.6 Å². The minimum atomic E-state index is -4.64. The molecule has 1 saturated heterocycles. The van der Waals surface area contributed by atoms with Gasteiger partial charge < -0.3 is 24.5 Å². The lowest BCUT2D eigenvalue weighted by Gasteiger charge is -2.36. The Morgan fingerprint density at radius 1 is 1.12 bits per heavy atom. The highest BCUT2D eigenvalue weighted by molar-refractivity contribution is 6.33. The summed E-state index contributed by atoms with van der Waals surface area (Å²) in [4.78, 5) is 14.2.